The Morgan fingerprint density at radius 3 is 2.49 bits per heavy atom. The molecule has 0 saturated carbocycles. The number of hydrogen-bond donors (Lipinski definition) is 4. The SMILES string of the molecule is CC(=O)N1CCC(Nc2ncc(F)c(-c3cccc(C(=O)N4CCC(O)(CNC(=O)O)CC4)c3)n2)CC1. The van der Waals surface area contributed by atoms with Gasteiger partial charge in [-0.2, -0.15) is 0 Å². The van der Waals surface area contributed by atoms with Crippen molar-refractivity contribution in [1.29, 1.82) is 0 Å². The van der Waals surface area contributed by atoms with E-state index in [4.69, 9.17) is 5.11 Å². The fourth-order valence-electron chi connectivity index (χ4n) is 4.69. The Labute approximate surface area is 213 Å². The summed E-state index contributed by atoms with van der Waals surface area (Å²) in [6.45, 7) is 3.24. The van der Waals surface area contributed by atoms with Gasteiger partial charge in [-0.25, -0.2) is 19.2 Å². The lowest BCUT2D eigenvalue weighted by Crippen LogP contribution is -2.52. The van der Waals surface area contributed by atoms with Crippen LogP contribution in [0.2, 0.25) is 0 Å². The summed E-state index contributed by atoms with van der Waals surface area (Å²) in [6, 6.07) is 6.61. The number of nitrogens with zero attached hydrogens (tertiary/aromatic N) is 4. The molecule has 2 saturated heterocycles. The number of amides is 3. The molecule has 2 fully saturated rings. The molecule has 1 aromatic carbocycles. The second-order valence-electron chi connectivity index (χ2n) is 9.57. The highest BCUT2D eigenvalue weighted by Crippen LogP contribution is 2.26. The minimum atomic E-state index is -1.21. The Kier molecular flexibility index (Phi) is 7.86. The second-order valence-corrected chi connectivity index (χ2v) is 9.57. The summed E-state index contributed by atoms with van der Waals surface area (Å²) >= 11 is 0. The maximum Gasteiger partial charge on any atom is 0.404 e. The number of anilines is 1. The standard InChI is InChI=1S/C25H31FN6O5/c1-16(33)31-9-5-19(6-10-31)29-23-27-14-20(26)21(30-23)17-3-2-4-18(13-17)22(34)32-11-7-25(37,8-12-32)15-28-24(35)36/h2-4,13-14,19,28,37H,5-12,15H2,1H3,(H,35,36)(H,27,29,30). The van der Waals surface area contributed by atoms with Crippen molar-refractivity contribution in [2.75, 3.05) is 38.0 Å². The van der Waals surface area contributed by atoms with Crippen LogP contribution in [0.5, 0.6) is 0 Å². The van der Waals surface area contributed by atoms with Crippen LogP contribution in [0.15, 0.2) is 30.5 Å². The first-order valence-electron chi connectivity index (χ1n) is 12.3. The Bertz CT molecular complexity index is 1160. The number of nitrogens with one attached hydrogen (secondary N) is 2. The summed E-state index contributed by atoms with van der Waals surface area (Å²) in [7, 11) is 0. The molecule has 198 valence electrons. The van der Waals surface area contributed by atoms with Crippen LogP contribution in [0.1, 0.15) is 43.0 Å². The van der Waals surface area contributed by atoms with Crippen molar-refractivity contribution in [2.45, 2.75) is 44.2 Å². The van der Waals surface area contributed by atoms with E-state index in [9.17, 15) is 23.9 Å². The molecule has 2 aliphatic heterocycles. The largest absolute Gasteiger partial charge is 0.465 e. The highest BCUT2D eigenvalue weighted by molar-refractivity contribution is 5.95. The average molecular weight is 515 g/mol. The maximum absolute atomic E-state index is 14.7. The van der Waals surface area contributed by atoms with Crippen LogP contribution >= 0.6 is 0 Å². The van der Waals surface area contributed by atoms with E-state index in [-0.39, 0.29) is 62.0 Å². The number of carboxylic acid groups (broad SMARTS) is 1. The van der Waals surface area contributed by atoms with E-state index < -0.39 is 17.5 Å². The minimum Gasteiger partial charge on any atom is -0.465 e. The molecule has 0 atom stereocenters. The van der Waals surface area contributed by atoms with Crippen molar-refractivity contribution in [3.63, 3.8) is 0 Å². The molecule has 4 rings (SSSR count). The number of halogens is 1. The second kappa shape index (κ2) is 11.1. The zero-order valence-corrected chi connectivity index (χ0v) is 20.6. The lowest BCUT2D eigenvalue weighted by molar-refractivity contribution is -0.129. The molecule has 12 heteroatoms. The summed E-state index contributed by atoms with van der Waals surface area (Å²) in [5.74, 6) is -0.557. The lowest BCUT2D eigenvalue weighted by Gasteiger charge is -2.38. The van der Waals surface area contributed by atoms with Gasteiger partial charge in [-0.05, 0) is 37.8 Å². The zero-order chi connectivity index (χ0) is 26.6. The third kappa shape index (κ3) is 6.50. The molecule has 11 nitrogen and oxygen atoms in total. The van der Waals surface area contributed by atoms with Crippen molar-refractivity contribution < 1.29 is 29.0 Å². The predicted molar refractivity (Wildman–Crippen MR) is 132 cm³/mol. The monoisotopic (exact) mass is 514 g/mol. The van der Waals surface area contributed by atoms with Gasteiger partial charge in [0.25, 0.3) is 5.91 Å². The number of aliphatic hydroxyl groups is 1. The Balaban J connectivity index is 1.42. The van der Waals surface area contributed by atoms with E-state index in [1.807, 2.05) is 0 Å². The number of piperidine rings is 2. The van der Waals surface area contributed by atoms with Crippen LogP contribution in [0, 0.1) is 5.82 Å². The van der Waals surface area contributed by atoms with E-state index >= 15 is 0 Å². The van der Waals surface area contributed by atoms with E-state index in [0.29, 0.717) is 24.2 Å². The third-order valence-corrected chi connectivity index (χ3v) is 6.95. The molecule has 3 amide bonds. The summed E-state index contributed by atoms with van der Waals surface area (Å²) in [5.41, 5.74) is -0.344. The Hall–Kier alpha value is -3.80. The van der Waals surface area contributed by atoms with Gasteiger partial charge >= 0.3 is 6.09 Å². The summed E-state index contributed by atoms with van der Waals surface area (Å²) in [6.07, 6.45) is 1.82. The smallest absolute Gasteiger partial charge is 0.404 e. The molecule has 0 radical (unpaired) electrons. The van der Waals surface area contributed by atoms with Gasteiger partial charge in [0.2, 0.25) is 11.9 Å². The number of benzene rings is 1. The molecular weight excluding hydrogens is 483 g/mol. The molecule has 4 N–H and O–H groups in total. The zero-order valence-electron chi connectivity index (χ0n) is 20.6. The van der Waals surface area contributed by atoms with Gasteiger partial charge < -0.3 is 30.6 Å². The van der Waals surface area contributed by atoms with Gasteiger partial charge in [-0.15, -0.1) is 0 Å². The average Bonchev–Trinajstić information content (AvgIpc) is 2.89. The van der Waals surface area contributed by atoms with E-state index in [2.05, 4.69) is 20.6 Å². The highest BCUT2D eigenvalue weighted by atomic mass is 19.1. The van der Waals surface area contributed by atoms with Crippen LogP contribution < -0.4 is 10.6 Å². The molecule has 0 bridgehead atoms. The molecule has 3 heterocycles. The van der Waals surface area contributed by atoms with E-state index in [0.717, 1.165) is 19.0 Å². The highest BCUT2D eigenvalue weighted by Gasteiger charge is 2.34. The Morgan fingerprint density at radius 2 is 1.84 bits per heavy atom. The predicted octanol–water partition coefficient (Wildman–Crippen LogP) is 1.94. The lowest BCUT2D eigenvalue weighted by atomic mass is 9.91. The van der Waals surface area contributed by atoms with Gasteiger partial charge in [0.05, 0.1) is 11.8 Å². The van der Waals surface area contributed by atoms with Crippen LogP contribution in [-0.2, 0) is 4.79 Å². The molecule has 0 aliphatic carbocycles. The molecule has 2 aliphatic rings. The van der Waals surface area contributed by atoms with Crippen molar-refractivity contribution >= 4 is 23.9 Å². The van der Waals surface area contributed by atoms with Crippen LogP contribution in [0.3, 0.4) is 0 Å². The summed E-state index contributed by atoms with van der Waals surface area (Å²) in [5, 5.41) is 24.7. The van der Waals surface area contributed by atoms with Gasteiger partial charge in [-0.1, -0.05) is 12.1 Å². The summed E-state index contributed by atoms with van der Waals surface area (Å²) < 4.78 is 14.7. The Morgan fingerprint density at radius 1 is 1.14 bits per heavy atom. The normalized spacial score (nSPS) is 17.8. The molecular formula is C25H31FN6O5. The minimum absolute atomic E-state index is 0.0450. The quantitative estimate of drug-likeness (QED) is 0.457. The van der Waals surface area contributed by atoms with Gasteiger partial charge in [-0.3, -0.25) is 9.59 Å². The number of carbonyl (C=O) groups is 3. The molecule has 2 aromatic rings. The van der Waals surface area contributed by atoms with Crippen LogP contribution in [-0.4, -0.2) is 92.3 Å². The fraction of sp³-hybridized carbons (Fsp3) is 0.480. The van der Waals surface area contributed by atoms with E-state index in [1.54, 1.807) is 41.0 Å². The van der Waals surface area contributed by atoms with Gasteiger partial charge in [0.15, 0.2) is 5.82 Å². The molecule has 0 unspecified atom stereocenters. The van der Waals surface area contributed by atoms with Gasteiger partial charge in [0.1, 0.15) is 5.69 Å². The van der Waals surface area contributed by atoms with Gasteiger partial charge in [0, 0.05) is 56.8 Å². The van der Waals surface area contributed by atoms with Crippen molar-refractivity contribution in [3.05, 3.63) is 41.8 Å². The molecule has 0 spiro atoms. The third-order valence-electron chi connectivity index (χ3n) is 6.95. The first-order chi connectivity index (χ1) is 17.6. The topological polar surface area (TPSA) is 148 Å². The van der Waals surface area contributed by atoms with Crippen molar-refractivity contribution in [2.24, 2.45) is 0 Å². The van der Waals surface area contributed by atoms with Crippen molar-refractivity contribution in [1.82, 2.24) is 25.1 Å². The first-order valence-corrected chi connectivity index (χ1v) is 12.3. The number of carbonyl (C=O) groups excluding carboxylic acids is 2. The fourth-order valence-corrected chi connectivity index (χ4v) is 4.69. The number of hydrogen-bond acceptors (Lipinski definition) is 7. The van der Waals surface area contributed by atoms with E-state index in [1.165, 1.54) is 0 Å². The number of likely N-dealkylation sites (tertiary alicyclic amines) is 2. The first kappa shape index (κ1) is 26.3. The summed E-state index contributed by atoms with van der Waals surface area (Å²) in [4.78, 5) is 47.2. The molecule has 37 heavy (non-hydrogen) atoms. The van der Waals surface area contributed by atoms with Crippen LogP contribution in [0.4, 0.5) is 15.1 Å². The van der Waals surface area contributed by atoms with Crippen LogP contribution in [0.25, 0.3) is 11.3 Å². The number of rotatable bonds is 6. The number of aromatic nitrogens is 2. The molecule has 1 aromatic heterocycles. The van der Waals surface area contributed by atoms with Crippen molar-refractivity contribution in [3.8, 4) is 11.3 Å². The maximum atomic E-state index is 14.7.